The Balaban J connectivity index is 2.59. The van der Waals surface area contributed by atoms with Gasteiger partial charge in [-0.1, -0.05) is 0 Å². The molecule has 0 saturated carbocycles. The van der Waals surface area contributed by atoms with Crippen molar-refractivity contribution in [3.05, 3.63) is 36.5 Å². The van der Waals surface area contributed by atoms with Gasteiger partial charge in [0.2, 0.25) is 6.43 Å². The highest BCUT2D eigenvalue weighted by Crippen LogP contribution is 2.07. The van der Waals surface area contributed by atoms with Gasteiger partial charge in [0.1, 0.15) is 0 Å². The molecule has 1 nitrogen and oxygen atoms in total. The van der Waals surface area contributed by atoms with E-state index in [4.69, 9.17) is 0 Å². The first kappa shape index (κ1) is 7.12. The minimum Gasteiger partial charge on any atom is -0.265 e. The van der Waals surface area contributed by atoms with E-state index in [2.05, 4.69) is 4.98 Å². The minimum absolute atomic E-state index is 0.505. The van der Waals surface area contributed by atoms with Gasteiger partial charge in [0.25, 0.3) is 0 Å². The van der Waals surface area contributed by atoms with Gasteiger partial charge in [-0.15, -0.1) is 0 Å². The molecule has 1 radical (unpaired) electrons. The van der Waals surface area contributed by atoms with E-state index in [0.29, 0.717) is 5.56 Å². The van der Waals surface area contributed by atoms with Crippen molar-refractivity contribution in [2.45, 2.75) is 6.43 Å². The summed E-state index contributed by atoms with van der Waals surface area (Å²) in [6, 6.07) is 3.07. The number of nitrogens with zero attached hydrogens (tertiary/aromatic N) is 1. The van der Waals surface area contributed by atoms with Gasteiger partial charge >= 0.3 is 0 Å². The van der Waals surface area contributed by atoms with Crippen molar-refractivity contribution in [1.29, 1.82) is 0 Å². The number of halogens is 2. The normalized spacial score (nSPS) is 10.3. The Morgan fingerprint density at radius 1 is 1.30 bits per heavy atom. The number of hydrogen-bond donors (Lipinski definition) is 0. The van der Waals surface area contributed by atoms with E-state index in [1.165, 1.54) is 24.5 Å². The van der Waals surface area contributed by atoms with Crippen molar-refractivity contribution in [3.8, 4) is 0 Å². The van der Waals surface area contributed by atoms with Crippen LogP contribution in [-0.4, -0.2) is 11.4 Å². The Kier molecular flexibility index (Phi) is 2.31. The van der Waals surface area contributed by atoms with Crippen LogP contribution in [0.4, 0.5) is 8.78 Å². The third-order valence-corrected chi connectivity index (χ3v) is 1.02. The molecule has 0 aliphatic heterocycles. The molecule has 0 bridgehead atoms. The van der Waals surface area contributed by atoms with Gasteiger partial charge in [-0.25, -0.2) is 8.78 Å². The van der Waals surface area contributed by atoms with Gasteiger partial charge in [-0.2, -0.15) is 0 Å². The summed E-state index contributed by atoms with van der Waals surface area (Å²) in [6.45, 7) is 0. The van der Waals surface area contributed by atoms with Crippen molar-refractivity contribution in [1.82, 2.24) is 4.98 Å². The lowest BCUT2D eigenvalue weighted by atomic mass is 10.2. The first-order chi connectivity index (χ1) is 4.79. The maximum Gasteiger partial charge on any atom is 0.246 e. The summed E-state index contributed by atoms with van der Waals surface area (Å²) in [5, 5.41) is 0. The van der Waals surface area contributed by atoms with Crippen molar-refractivity contribution in [2.75, 3.05) is 0 Å². The Morgan fingerprint density at radius 2 is 1.90 bits per heavy atom. The second-order valence-electron chi connectivity index (χ2n) is 1.78. The van der Waals surface area contributed by atoms with Crippen molar-refractivity contribution in [3.63, 3.8) is 0 Å². The maximum atomic E-state index is 11.6. The van der Waals surface area contributed by atoms with Crippen LogP contribution >= 0.6 is 0 Å². The predicted molar refractivity (Wildman–Crippen MR) is 33.6 cm³/mol. The van der Waals surface area contributed by atoms with Crippen molar-refractivity contribution >= 4 is 0 Å². The largest absolute Gasteiger partial charge is 0.265 e. The molecule has 1 heterocycles. The van der Waals surface area contributed by atoms with Crippen LogP contribution in [0.2, 0.25) is 0 Å². The van der Waals surface area contributed by atoms with Crippen LogP contribution in [0.15, 0.2) is 24.5 Å². The van der Waals surface area contributed by atoms with Crippen LogP contribution in [0.25, 0.3) is 0 Å². The molecule has 1 aromatic heterocycles. The SMILES string of the molecule is FC(F)[CH]c1ccncc1. The fraction of sp³-hybridized carbons (Fsp3) is 0.143. The van der Waals surface area contributed by atoms with Gasteiger partial charge in [0, 0.05) is 12.4 Å². The van der Waals surface area contributed by atoms with Crippen LogP contribution < -0.4 is 0 Å². The molecule has 0 aliphatic rings. The van der Waals surface area contributed by atoms with E-state index < -0.39 is 6.43 Å². The van der Waals surface area contributed by atoms with Gasteiger partial charge < -0.3 is 0 Å². The molecule has 0 spiro atoms. The summed E-state index contributed by atoms with van der Waals surface area (Å²) in [7, 11) is 0. The van der Waals surface area contributed by atoms with E-state index in [1.807, 2.05) is 0 Å². The Bertz CT molecular complexity index is 186. The summed E-state index contributed by atoms with van der Waals surface area (Å²) in [5.74, 6) is 0. The number of aromatic nitrogens is 1. The third kappa shape index (κ3) is 2.09. The Morgan fingerprint density at radius 3 is 2.40 bits per heavy atom. The second kappa shape index (κ2) is 3.25. The Labute approximate surface area is 57.7 Å². The number of pyridine rings is 1. The molecule has 0 N–H and O–H groups in total. The first-order valence-electron chi connectivity index (χ1n) is 2.82. The molecule has 1 rings (SSSR count). The molecule has 0 unspecified atom stereocenters. The monoisotopic (exact) mass is 142 g/mol. The molecule has 1 aromatic rings. The molecule has 0 fully saturated rings. The molecule has 0 aliphatic carbocycles. The average molecular weight is 142 g/mol. The predicted octanol–water partition coefficient (Wildman–Crippen LogP) is 1.90. The third-order valence-electron chi connectivity index (χ3n) is 1.02. The summed E-state index contributed by atoms with van der Waals surface area (Å²) in [5.41, 5.74) is 0.505. The van der Waals surface area contributed by atoms with Gasteiger partial charge in [-0.3, -0.25) is 4.98 Å². The fourth-order valence-corrected chi connectivity index (χ4v) is 0.620. The molecule has 10 heavy (non-hydrogen) atoms. The smallest absolute Gasteiger partial charge is 0.246 e. The number of alkyl halides is 2. The lowest BCUT2D eigenvalue weighted by Gasteiger charge is -1.95. The lowest BCUT2D eigenvalue weighted by Crippen LogP contribution is -1.92. The molecule has 0 amide bonds. The quantitative estimate of drug-likeness (QED) is 0.614. The van der Waals surface area contributed by atoms with Crippen LogP contribution in [0, 0.1) is 6.42 Å². The summed E-state index contributed by atoms with van der Waals surface area (Å²) in [4.78, 5) is 3.69. The second-order valence-corrected chi connectivity index (χ2v) is 1.78. The number of rotatable bonds is 2. The van der Waals surface area contributed by atoms with E-state index >= 15 is 0 Å². The van der Waals surface area contributed by atoms with Crippen molar-refractivity contribution in [2.24, 2.45) is 0 Å². The van der Waals surface area contributed by atoms with E-state index in [9.17, 15) is 8.78 Å². The van der Waals surface area contributed by atoms with E-state index in [1.54, 1.807) is 0 Å². The highest BCUT2D eigenvalue weighted by Gasteiger charge is 2.02. The topological polar surface area (TPSA) is 12.9 Å². The fourth-order valence-electron chi connectivity index (χ4n) is 0.620. The van der Waals surface area contributed by atoms with Crippen LogP contribution in [-0.2, 0) is 0 Å². The van der Waals surface area contributed by atoms with Gasteiger partial charge in [-0.05, 0) is 17.7 Å². The van der Waals surface area contributed by atoms with E-state index in [0.717, 1.165) is 6.42 Å². The molecule has 3 heteroatoms. The summed E-state index contributed by atoms with van der Waals surface area (Å²) >= 11 is 0. The first-order valence-corrected chi connectivity index (χ1v) is 2.82. The van der Waals surface area contributed by atoms with Crippen LogP contribution in [0.5, 0.6) is 0 Å². The molecular formula is C7H6F2N. The standard InChI is InChI=1S/C7H6F2N/c8-7(9)5-6-1-3-10-4-2-6/h1-5,7H. The van der Waals surface area contributed by atoms with Crippen molar-refractivity contribution < 1.29 is 8.78 Å². The number of hydrogen-bond acceptors (Lipinski definition) is 1. The Hall–Kier alpha value is -0.990. The zero-order valence-electron chi connectivity index (χ0n) is 5.17. The highest BCUT2D eigenvalue weighted by atomic mass is 19.3. The highest BCUT2D eigenvalue weighted by molar-refractivity contribution is 5.19. The summed E-state index contributed by atoms with van der Waals surface area (Å²) in [6.07, 6.45) is 1.45. The molecule has 53 valence electrons. The molecular weight excluding hydrogens is 136 g/mol. The van der Waals surface area contributed by atoms with Crippen LogP contribution in [0.1, 0.15) is 5.56 Å². The molecule has 0 saturated heterocycles. The molecule has 0 atom stereocenters. The van der Waals surface area contributed by atoms with Gasteiger partial charge in [0.15, 0.2) is 0 Å². The lowest BCUT2D eigenvalue weighted by molar-refractivity contribution is 0.189. The van der Waals surface area contributed by atoms with Gasteiger partial charge in [0.05, 0.1) is 6.42 Å². The van der Waals surface area contributed by atoms with E-state index in [-0.39, 0.29) is 0 Å². The van der Waals surface area contributed by atoms with Crippen LogP contribution in [0.3, 0.4) is 0 Å². The maximum absolute atomic E-state index is 11.6. The average Bonchev–Trinajstić information content (AvgIpc) is 1.88. The minimum atomic E-state index is -2.39. The zero-order chi connectivity index (χ0) is 7.40. The summed E-state index contributed by atoms with van der Waals surface area (Å²) < 4.78 is 23.3. The zero-order valence-corrected chi connectivity index (χ0v) is 5.17. The molecule has 0 aromatic carbocycles.